The summed E-state index contributed by atoms with van der Waals surface area (Å²) in [6.07, 6.45) is 2.85. The van der Waals surface area contributed by atoms with Crippen LogP contribution in [0.4, 0.5) is 16.0 Å². The lowest BCUT2D eigenvalue weighted by Gasteiger charge is -2.11. The van der Waals surface area contributed by atoms with E-state index in [9.17, 15) is 4.39 Å². The Hall–Kier alpha value is -3.87. The molecule has 0 unspecified atom stereocenters. The molecule has 0 radical (unpaired) electrons. The average molecular weight is 358 g/mol. The zero-order valence-electron chi connectivity index (χ0n) is 14.2. The van der Waals surface area contributed by atoms with Gasteiger partial charge in [-0.2, -0.15) is 0 Å². The maximum absolute atomic E-state index is 14.8. The van der Waals surface area contributed by atoms with E-state index in [1.807, 2.05) is 30.3 Å². The van der Waals surface area contributed by atoms with E-state index >= 15 is 0 Å². The van der Waals surface area contributed by atoms with Gasteiger partial charge in [-0.15, -0.1) is 10.2 Å². The van der Waals surface area contributed by atoms with Crippen molar-refractivity contribution in [1.29, 1.82) is 0 Å². The number of nitrogens with two attached hydrogens (primary N) is 2. The lowest BCUT2D eigenvalue weighted by atomic mass is 9.96. The standard InChI is InChI=1S/C20H15FN6/c21-16-9-12(5-6-15(16)18-10-25-20(23)11-24-18)13-3-1-2-4-14(13)17-7-8-19(22)27-26-17/h1-11H,(H2,22,27)(H2,23,25). The van der Waals surface area contributed by atoms with Crippen molar-refractivity contribution in [2.24, 2.45) is 0 Å². The van der Waals surface area contributed by atoms with Crippen LogP contribution < -0.4 is 11.5 Å². The summed E-state index contributed by atoms with van der Waals surface area (Å²) in [5.74, 6) is 0.232. The molecule has 4 aromatic rings. The van der Waals surface area contributed by atoms with Crippen LogP contribution in [-0.4, -0.2) is 20.2 Å². The van der Waals surface area contributed by atoms with Crippen LogP contribution in [0.1, 0.15) is 0 Å². The topological polar surface area (TPSA) is 104 Å². The first kappa shape index (κ1) is 16.6. The van der Waals surface area contributed by atoms with Crippen molar-refractivity contribution in [1.82, 2.24) is 20.2 Å². The number of nitrogens with zero attached hydrogens (tertiary/aromatic N) is 4. The van der Waals surface area contributed by atoms with E-state index < -0.39 is 5.82 Å². The van der Waals surface area contributed by atoms with Gasteiger partial charge in [0.1, 0.15) is 17.5 Å². The van der Waals surface area contributed by atoms with Crippen LogP contribution in [-0.2, 0) is 0 Å². The molecule has 4 N–H and O–H groups in total. The number of benzene rings is 2. The highest BCUT2D eigenvalue weighted by Gasteiger charge is 2.13. The van der Waals surface area contributed by atoms with E-state index in [1.54, 1.807) is 18.2 Å². The van der Waals surface area contributed by atoms with Crippen LogP contribution >= 0.6 is 0 Å². The molecule has 0 bridgehead atoms. The van der Waals surface area contributed by atoms with Gasteiger partial charge in [0, 0.05) is 11.1 Å². The first-order valence-corrected chi connectivity index (χ1v) is 8.18. The summed E-state index contributed by atoms with van der Waals surface area (Å²) in [6.45, 7) is 0. The van der Waals surface area contributed by atoms with Crippen LogP contribution in [0.3, 0.4) is 0 Å². The summed E-state index contributed by atoms with van der Waals surface area (Å²) < 4.78 is 14.8. The molecular formula is C20H15FN6. The minimum atomic E-state index is -0.398. The minimum Gasteiger partial charge on any atom is -0.382 e. The van der Waals surface area contributed by atoms with Crippen LogP contribution in [0.25, 0.3) is 33.6 Å². The Bertz CT molecular complexity index is 1090. The molecule has 0 saturated heterocycles. The Balaban J connectivity index is 1.78. The van der Waals surface area contributed by atoms with Crippen LogP contribution in [0.15, 0.2) is 67.0 Å². The first-order valence-electron chi connectivity index (χ1n) is 8.18. The van der Waals surface area contributed by atoms with Crippen molar-refractivity contribution in [3.8, 4) is 33.6 Å². The maximum atomic E-state index is 14.8. The summed E-state index contributed by atoms with van der Waals surface area (Å²) in [5, 5.41) is 8.03. The summed E-state index contributed by atoms with van der Waals surface area (Å²) in [5.41, 5.74) is 15.0. The van der Waals surface area contributed by atoms with Crippen molar-refractivity contribution in [2.75, 3.05) is 11.5 Å². The number of aromatic nitrogens is 4. The summed E-state index contributed by atoms with van der Waals surface area (Å²) in [4.78, 5) is 8.09. The van der Waals surface area contributed by atoms with Crippen LogP contribution in [0.2, 0.25) is 0 Å². The fourth-order valence-electron chi connectivity index (χ4n) is 2.81. The molecule has 6 nitrogen and oxygen atoms in total. The normalized spacial score (nSPS) is 10.7. The van der Waals surface area contributed by atoms with E-state index in [1.165, 1.54) is 18.5 Å². The maximum Gasteiger partial charge on any atom is 0.146 e. The smallest absolute Gasteiger partial charge is 0.146 e. The Labute approximate surface area is 154 Å². The molecule has 0 amide bonds. The molecule has 132 valence electrons. The van der Waals surface area contributed by atoms with Gasteiger partial charge in [0.2, 0.25) is 0 Å². The molecule has 2 aromatic carbocycles. The Morgan fingerprint density at radius 1 is 0.667 bits per heavy atom. The van der Waals surface area contributed by atoms with Crippen molar-refractivity contribution < 1.29 is 4.39 Å². The van der Waals surface area contributed by atoms with Gasteiger partial charge >= 0.3 is 0 Å². The summed E-state index contributed by atoms with van der Waals surface area (Å²) in [6, 6.07) is 16.1. The van der Waals surface area contributed by atoms with Crippen LogP contribution in [0, 0.1) is 5.82 Å². The fraction of sp³-hybridized carbons (Fsp3) is 0. The summed E-state index contributed by atoms with van der Waals surface area (Å²) >= 11 is 0. The molecule has 4 rings (SSSR count). The minimum absolute atomic E-state index is 0.286. The summed E-state index contributed by atoms with van der Waals surface area (Å²) in [7, 11) is 0. The molecule has 0 aliphatic carbocycles. The number of anilines is 2. The molecule has 0 aliphatic rings. The third-order valence-electron chi connectivity index (χ3n) is 4.12. The molecular weight excluding hydrogens is 343 g/mol. The quantitative estimate of drug-likeness (QED) is 0.580. The molecule has 0 aliphatic heterocycles. The zero-order valence-corrected chi connectivity index (χ0v) is 14.2. The van der Waals surface area contributed by atoms with Gasteiger partial charge in [-0.1, -0.05) is 30.3 Å². The SMILES string of the molecule is Nc1cnc(-c2ccc(-c3ccccc3-c3ccc(N)nn3)cc2F)cn1. The van der Waals surface area contributed by atoms with E-state index in [2.05, 4.69) is 20.2 Å². The van der Waals surface area contributed by atoms with E-state index in [4.69, 9.17) is 11.5 Å². The zero-order chi connectivity index (χ0) is 18.8. The van der Waals surface area contributed by atoms with Gasteiger partial charge in [-0.3, -0.25) is 4.98 Å². The Morgan fingerprint density at radius 3 is 2.15 bits per heavy atom. The van der Waals surface area contributed by atoms with Crippen molar-refractivity contribution in [2.45, 2.75) is 0 Å². The van der Waals surface area contributed by atoms with Gasteiger partial charge in [0.25, 0.3) is 0 Å². The number of rotatable bonds is 3. The average Bonchev–Trinajstić information content (AvgIpc) is 2.69. The Morgan fingerprint density at radius 2 is 1.48 bits per heavy atom. The predicted molar refractivity (Wildman–Crippen MR) is 103 cm³/mol. The van der Waals surface area contributed by atoms with Gasteiger partial charge in [-0.25, -0.2) is 9.37 Å². The molecule has 27 heavy (non-hydrogen) atoms. The second kappa shape index (κ2) is 6.80. The number of hydrogen-bond acceptors (Lipinski definition) is 6. The molecule has 0 fully saturated rings. The monoisotopic (exact) mass is 358 g/mol. The molecule has 2 aromatic heterocycles. The molecule has 2 heterocycles. The van der Waals surface area contributed by atoms with Gasteiger partial charge in [0.15, 0.2) is 0 Å². The van der Waals surface area contributed by atoms with Crippen molar-refractivity contribution in [3.63, 3.8) is 0 Å². The van der Waals surface area contributed by atoms with E-state index in [-0.39, 0.29) is 5.82 Å². The second-order valence-corrected chi connectivity index (χ2v) is 5.91. The largest absolute Gasteiger partial charge is 0.382 e. The number of hydrogen-bond donors (Lipinski definition) is 2. The van der Waals surface area contributed by atoms with Gasteiger partial charge < -0.3 is 11.5 Å². The van der Waals surface area contributed by atoms with Gasteiger partial charge in [-0.05, 0) is 35.4 Å². The molecule has 7 heteroatoms. The molecule has 0 atom stereocenters. The number of nitrogen functional groups attached to an aromatic ring is 2. The highest BCUT2D eigenvalue weighted by molar-refractivity contribution is 5.82. The lowest BCUT2D eigenvalue weighted by Crippen LogP contribution is -1.96. The van der Waals surface area contributed by atoms with E-state index in [0.29, 0.717) is 28.3 Å². The lowest BCUT2D eigenvalue weighted by molar-refractivity contribution is 0.631. The first-order chi connectivity index (χ1) is 13.1. The number of halogens is 1. The fourth-order valence-corrected chi connectivity index (χ4v) is 2.81. The highest BCUT2D eigenvalue weighted by Crippen LogP contribution is 2.33. The Kier molecular flexibility index (Phi) is 4.18. The third-order valence-corrected chi connectivity index (χ3v) is 4.12. The van der Waals surface area contributed by atoms with Crippen molar-refractivity contribution in [3.05, 3.63) is 72.8 Å². The van der Waals surface area contributed by atoms with Crippen LogP contribution in [0.5, 0.6) is 0 Å². The van der Waals surface area contributed by atoms with Gasteiger partial charge in [0.05, 0.1) is 23.8 Å². The van der Waals surface area contributed by atoms with E-state index in [0.717, 1.165) is 11.1 Å². The highest BCUT2D eigenvalue weighted by atomic mass is 19.1. The molecule has 0 saturated carbocycles. The third kappa shape index (κ3) is 3.30. The predicted octanol–water partition coefficient (Wildman–Crippen LogP) is 3.57. The second-order valence-electron chi connectivity index (χ2n) is 5.91. The van der Waals surface area contributed by atoms with Crippen molar-refractivity contribution >= 4 is 11.6 Å². The molecule has 0 spiro atoms.